The van der Waals surface area contributed by atoms with Gasteiger partial charge in [0.1, 0.15) is 12.4 Å². The van der Waals surface area contributed by atoms with Crippen LogP contribution in [0.2, 0.25) is 0 Å². The maximum absolute atomic E-state index is 2.54. The molecule has 0 unspecified atom stereocenters. The Balaban J connectivity index is 2.36. The first kappa shape index (κ1) is 22.3. The van der Waals surface area contributed by atoms with Gasteiger partial charge in [0, 0.05) is 6.42 Å². The lowest BCUT2D eigenvalue weighted by Crippen LogP contribution is -2.39. The summed E-state index contributed by atoms with van der Waals surface area (Å²) in [6.45, 7) is 10.4. The molecule has 0 bridgehead atoms. The van der Waals surface area contributed by atoms with E-state index < -0.39 is 0 Å². The fourth-order valence-electron chi connectivity index (χ4n) is 3.72. The molecule has 1 heterocycles. The molecule has 0 atom stereocenters. The van der Waals surface area contributed by atoms with Gasteiger partial charge in [0.25, 0.3) is 5.82 Å². The van der Waals surface area contributed by atoms with Crippen molar-refractivity contribution < 1.29 is 4.57 Å². The lowest BCUT2D eigenvalue weighted by Gasteiger charge is -2.08. The molecule has 1 aromatic rings. The fraction of sp³-hybridized carbons (Fsp3) is 0.870. The Bertz CT molecular complexity index is 420. The van der Waals surface area contributed by atoms with Gasteiger partial charge in [-0.15, -0.1) is 0 Å². The molecule has 0 aliphatic rings. The van der Waals surface area contributed by atoms with Crippen molar-refractivity contribution in [2.45, 2.75) is 130 Å². The van der Waals surface area contributed by atoms with Gasteiger partial charge in [0.05, 0.1) is 12.6 Å². The molecule has 2 nitrogen and oxygen atoms in total. The van der Waals surface area contributed by atoms with Crippen LogP contribution in [0.5, 0.6) is 0 Å². The molecule has 0 saturated carbocycles. The lowest BCUT2D eigenvalue weighted by atomic mass is 10.1. The number of aryl methyl sites for hydroxylation is 1. The highest BCUT2D eigenvalue weighted by Crippen LogP contribution is 2.12. The van der Waals surface area contributed by atoms with Crippen LogP contribution in [0.1, 0.15) is 123 Å². The second-order valence-electron chi connectivity index (χ2n) is 8.05. The van der Waals surface area contributed by atoms with Gasteiger partial charge in [-0.05, 0) is 33.1 Å². The van der Waals surface area contributed by atoms with Crippen LogP contribution in [0, 0.1) is 0 Å². The first-order chi connectivity index (χ1) is 12.2. The second kappa shape index (κ2) is 14.4. The van der Waals surface area contributed by atoms with Crippen LogP contribution in [0.15, 0.2) is 12.4 Å². The molecule has 0 amide bonds. The zero-order chi connectivity index (χ0) is 18.3. The van der Waals surface area contributed by atoms with Gasteiger partial charge in [0.2, 0.25) is 0 Å². The van der Waals surface area contributed by atoms with Crippen molar-refractivity contribution in [3.63, 3.8) is 0 Å². The van der Waals surface area contributed by atoms with E-state index in [0.717, 1.165) is 0 Å². The molecular formula is C23H45N2+. The summed E-state index contributed by atoms with van der Waals surface area (Å²) in [5.74, 6) is 1.55. The number of unbranched alkanes of at least 4 members (excludes halogenated alkanes) is 11. The third-order valence-electron chi connectivity index (χ3n) is 5.35. The van der Waals surface area contributed by atoms with Gasteiger partial charge >= 0.3 is 0 Å². The average molecular weight is 350 g/mol. The molecule has 25 heavy (non-hydrogen) atoms. The predicted molar refractivity (Wildman–Crippen MR) is 110 cm³/mol. The lowest BCUT2D eigenvalue weighted by molar-refractivity contribution is -0.722. The van der Waals surface area contributed by atoms with Crippen LogP contribution >= 0.6 is 0 Å². The van der Waals surface area contributed by atoms with Crippen LogP contribution < -0.4 is 4.57 Å². The van der Waals surface area contributed by atoms with E-state index in [9.17, 15) is 0 Å². The topological polar surface area (TPSA) is 8.81 Å². The van der Waals surface area contributed by atoms with Gasteiger partial charge in [-0.1, -0.05) is 78.1 Å². The number of hydrogen-bond acceptors (Lipinski definition) is 0. The van der Waals surface area contributed by atoms with Crippen molar-refractivity contribution in [3.05, 3.63) is 18.2 Å². The summed E-state index contributed by atoms with van der Waals surface area (Å²) >= 11 is 0. The molecular weight excluding hydrogens is 304 g/mol. The SMILES string of the molecule is CCCCCCCCCn1cc[n+](C(C)C)c1CCCCCCCC. The smallest absolute Gasteiger partial charge is 0.234 e. The fourth-order valence-corrected chi connectivity index (χ4v) is 3.72. The predicted octanol–water partition coefficient (Wildman–Crippen LogP) is 7.01. The van der Waals surface area contributed by atoms with Gasteiger partial charge < -0.3 is 0 Å². The normalized spacial score (nSPS) is 11.6. The molecule has 0 N–H and O–H groups in total. The van der Waals surface area contributed by atoms with E-state index in [1.165, 1.54) is 96.4 Å². The quantitative estimate of drug-likeness (QED) is 0.224. The third-order valence-corrected chi connectivity index (χ3v) is 5.35. The Kier molecular flexibility index (Phi) is 12.8. The van der Waals surface area contributed by atoms with E-state index in [2.05, 4.69) is 49.2 Å². The van der Waals surface area contributed by atoms with E-state index in [-0.39, 0.29) is 0 Å². The standard InChI is InChI=1S/C23H45N2/c1-5-7-9-11-13-15-17-19-24-20-21-25(22(3)4)23(24)18-16-14-12-10-8-6-2/h20-22H,5-19H2,1-4H3/q+1. The van der Waals surface area contributed by atoms with Gasteiger partial charge in [0.15, 0.2) is 0 Å². The second-order valence-corrected chi connectivity index (χ2v) is 8.05. The number of rotatable bonds is 16. The molecule has 0 aromatic carbocycles. The minimum atomic E-state index is 0.574. The van der Waals surface area contributed by atoms with E-state index in [0.29, 0.717) is 6.04 Å². The average Bonchev–Trinajstić information content (AvgIpc) is 3.00. The summed E-state index contributed by atoms with van der Waals surface area (Å²) in [7, 11) is 0. The Hall–Kier alpha value is -0.790. The Labute approximate surface area is 158 Å². The van der Waals surface area contributed by atoms with Crippen LogP contribution in [0.25, 0.3) is 0 Å². The van der Waals surface area contributed by atoms with Gasteiger partial charge in [-0.25, -0.2) is 9.13 Å². The van der Waals surface area contributed by atoms with E-state index in [1.54, 1.807) is 5.82 Å². The van der Waals surface area contributed by atoms with Crippen molar-refractivity contribution >= 4 is 0 Å². The molecule has 2 heteroatoms. The largest absolute Gasteiger partial charge is 0.256 e. The van der Waals surface area contributed by atoms with Crippen molar-refractivity contribution in [2.24, 2.45) is 0 Å². The van der Waals surface area contributed by atoms with Crippen LogP contribution in [0.4, 0.5) is 0 Å². The highest BCUT2D eigenvalue weighted by molar-refractivity contribution is 4.85. The van der Waals surface area contributed by atoms with Gasteiger partial charge in [-0.2, -0.15) is 0 Å². The van der Waals surface area contributed by atoms with Crippen molar-refractivity contribution in [2.75, 3.05) is 0 Å². The Morgan fingerprint density at radius 3 is 1.84 bits per heavy atom. The van der Waals surface area contributed by atoms with E-state index >= 15 is 0 Å². The first-order valence-corrected chi connectivity index (χ1v) is 11.3. The maximum atomic E-state index is 2.54. The first-order valence-electron chi connectivity index (χ1n) is 11.3. The molecule has 0 saturated heterocycles. The number of nitrogens with zero attached hydrogens (tertiary/aromatic N) is 2. The van der Waals surface area contributed by atoms with Crippen LogP contribution in [-0.4, -0.2) is 4.57 Å². The minimum Gasteiger partial charge on any atom is -0.234 e. The maximum Gasteiger partial charge on any atom is 0.256 e. The van der Waals surface area contributed by atoms with Crippen LogP contribution in [0.3, 0.4) is 0 Å². The number of imidazole rings is 1. The summed E-state index contributed by atoms with van der Waals surface area (Å²) in [6.07, 6.45) is 23.9. The zero-order valence-corrected chi connectivity index (χ0v) is 17.7. The summed E-state index contributed by atoms with van der Waals surface area (Å²) in [5.41, 5.74) is 0. The third kappa shape index (κ3) is 9.47. The highest BCUT2D eigenvalue weighted by atomic mass is 15.2. The number of hydrogen-bond donors (Lipinski definition) is 0. The summed E-state index contributed by atoms with van der Waals surface area (Å²) in [6, 6.07) is 0.574. The van der Waals surface area contributed by atoms with E-state index in [4.69, 9.17) is 0 Å². The Morgan fingerprint density at radius 2 is 1.28 bits per heavy atom. The van der Waals surface area contributed by atoms with Crippen LogP contribution in [-0.2, 0) is 13.0 Å². The summed E-state index contributed by atoms with van der Waals surface area (Å²) in [5, 5.41) is 0. The molecule has 0 spiro atoms. The molecule has 1 rings (SSSR count). The molecule has 0 aliphatic heterocycles. The number of aromatic nitrogens is 2. The van der Waals surface area contributed by atoms with Crippen molar-refractivity contribution in [1.82, 2.24) is 4.57 Å². The van der Waals surface area contributed by atoms with Gasteiger partial charge in [-0.3, -0.25) is 0 Å². The highest BCUT2D eigenvalue weighted by Gasteiger charge is 2.18. The molecule has 146 valence electrons. The Morgan fingerprint density at radius 1 is 0.760 bits per heavy atom. The molecule has 0 radical (unpaired) electrons. The van der Waals surface area contributed by atoms with Crippen molar-refractivity contribution in [1.29, 1.82) is 0 Å². The zero-order valence-electron chi connectivity index (χ0n) is 17.7. The molecule has 0 aliphatic carbocycles. The minimum absolute atomic E-state index is 0.574. The summed E-state index contributed by atoms with van der Waals surface area (Å²) < 4.78 is 5.03. The molecule has 1 aromatic heterocycles. The van der Waals surface area contributed by atoms with E-state index in [1.807, 2.05) is 0 Å². The summed E-state index contributed by atoms with van der Waals surface area (Å²) in [4.78, 5) is 0. The molecule has 0 fully saturated rings. The monoisotopic (exact) mass is 349 g/mol. The van der Waals surface area contributed by atoms with Crippen molar-refractivity contribution in [3.8, 4) is 0 Å².